The van der Waals surface area contributed by atoms with E-state index in [-0.39, 0.29) is 17.7 Å². The molecule has 1 N–H and O–H groups in total. The third kappa shape index (κ3) is 5.10. The Morgan fingerprint density at radius 2 is 1.73 bits per heavy atom. The number of aryl methyl sites for hydroxylation is 1. The molecule has 2 rings (SSSR count). The number of nitrogens with one attached hydrogen (secondary N) is 1. The van der Waals surface area contributed by atoms with Crippen LogP contribution in [0.1, 0.15) is 30.9 Å². The molecular formula is C18H19N3O5. The van der Waals surface area contributed by atoms with Gasteiger partial charge in [0.25, 0.3) is 11.4 Å². The van der Waals surface area contributed by atoms with Crippen molar-refractivity contribution in [3.8, 4) is 0 Å². The molecule has 0 aliphatic heterocycles. The molecule has 8 nitrogen and oxygen atoms in total. The van der Waals surface area contributed by atoms with Crippen molar-refractivity contribution in [2.24, 2.45) is 0 Å². The van der Waals surface area contributed by atoms with Gasteiger partial charge in [-0.15, -0.1) is 0 Å². The fraction of sp³-hybridized carbons (Fsp3) is 0.278. The monoisotopic (exact) mass is 357 g/mol. The van der Waals surface area contributed by atoms with Crippen molar-refractivity contribution < 1.29 is 14.6 Å². The number of rotatable bonds is 8. The number of benzene rings is 2. The number of nitrogens with zero attached hydrogens (tertiary/aromatic N) is 2. The lowest BCUT2D eigenvalue weighted by Gasteiger charge is -2.07. The SMILES string of the molecule is CCCCc1ccc(NC(=O)Cc2ccc([N+](=O)[O-])cc2[N+](=O)[O-])cc1. The maximum atomic E-state index is 12.2. The summed E-state index contributed by atoms with van der Waals surface area (Å²) in [5.41, 5.74) is 1.07. The van der Waals surface area contributed by atoms with E-state index in [4.69, 9.17) is 0 Å². The smallest absolute Gasteiger partial charge is 0.279 e. The summed E-state index contributed by atoms with van der Waals surface area (Å²) in [6.07, 6.45) is 2.92. The second-order valence-corrected chi connectivity index (χ2v) is 5.85. The van der Waals surface area contributed by atoms with Crippen LogP contribution in [0.25, 0.3) is 0 Å². The molecule has 0 aliphatic rings. The number of hydrogen-bond donors (Lipinski definition) is 1. The normalized spacial score (nSPS) is 10.3. The quantitative estimate of drug-likeness (QED) is 0.566. The van der Waals surface area contributed by atoms with Crippen LogP contribution in [0.2, 0.25) is 0 Å². The lowest BCUT2D eigenvalue weighted by molar-refractivity contribution is -0.394. The van der Waals surface area contributed by atoms with Crippen LogP contribution in [0, 0.1) is 20.2 Å². The van der Waals surface area contributed by atoms with Gasteiger partial charge in [0.05, 0.1) is 22.3 Å². The van der Waals surface area contributed by atoms with Gasteiger partial charge in [0.15, 0.2) is 0 Å². The summed E-state index contributed by atoms with van der Waals surface area (Å²) < 4.78 is 0. The van der Waals surface area contributed by atoms with Gasteiger partial charge in [-0.25, -0.2) is 0 Å². The van der Waals surface area contributed by atoms with Gasteiger partial charge in [-0.2, -0.15) is 0 Å². The number of nitro benzene ring substituents is 2. The van der Waals surface area contributed by atoms with Crippen LogP contribution < -0.4 is 5.32 Å². The van der Waals surface area contributed by atoms with Crippen LogP contribution in [-0.2, 0) is 17.6 Å². The minimum absolute atomic E-state index is 0.123. The van der Waals surface area contributed by atoms with Crippen LogP contribution >= 0.6 is 0 Å². The van der Waals surface area contributed by atoms with Gasteiger partial charge in [-0.1, -0.05) is 25.5 Å². The molecule has 8 heteroatoms. The van der Waals surface area contributed by atoms with Gasteiger partial charge in [-0.3, -0.25) is 25.0 Å². The molecule has 0 bridgehead atoms. The number of anilines is 1. The number of amides is 1. The van der Waals surface area contributed by atoms with Gasteiger partial charge in [0.1, 0.15) is 0 Å². The topological polar surface area (TPSA) is 115 Å². The second-order valence-electron chi connectivity index (χ2n) is 5.85. The molecule has 136 valence electrons. The Bertz CT molecular complexity index is 818. The molecule has 0 aliphatic carbocycles. The minimum Gasteiger partial charge on any atom is -0.326 e. The van der Waals surface area contributed by atoms with Crippen LogP contribution in [0.15, 0.2) is 42.5 Å². The van der Waals surface area contributed by atoms with E-state index in [1.165, 1.54) is 11.6 Å². The fourth-order valence-corrected chi connectivity index (χ4v) is 2.50. The average molecular weight is 357 g/mol. The Morgan fingerprint density at radius 1 is 1.04 bits per heavy atom. The molecule has 0 spiro atoms. The van der Waals surface area contributed by atoms with Gasteiger partial charge < -0.3 is 5.32 Å². The summed E-state index contributed by atoms with van der Waals surface area (Å²) in [7, 11) is 0. The summed E-state index contributed by atoms with van der Waals surface area (Å²) in [6, 6.07) is 10.7. The van der Waals surface area contributed by atoms with Gasteiger partial charge >= 0.3 is 0 Å². The number of hydrogen-bond acceptors (Lipinski definition) is 5. The van der Waals surface area contributed by atoms with E-state index in [0.717, 1.165) is 31.4 Å². The van der Waals surface area contributed by atoms with Crippen LogP contribution in [0.4, 0.5) is 17.1 Å². The van der Waals surface area contributed by atoms with E-state index in [1.807, 2.05) is 12.1 Å². The first kappa shape index (κ1) is 19.0. The van der Waals surface area contributed by atoms with Crippen molar-refractivity contribution in [2.45, 2.75) is 32.6 Å². The summed E-state index contributed by atoms with van der Waals surface area (Å²) in [4.78, 5) is 32.6. The molecule has 0 aromatic heterocycles. The zero-order valence-corrected chi connectivity index (χ0v) is 14.3. The molecule has 2 aromatic rings. The van der Waals surface area contributed by atoms with Gasteiger partial charge in [-0.05, 0) is 36.6 Å². The Morgan fingerprint density at radius 3 is 2.31 bits per heavy atom. The van der Waals surface area contributed by atoms with Crippen molar-refractivity contribution in [1.82, 2.24) is 0 Å². The second kappa shape index (κ2) is 8.70. The third-order valence-electron chi connectivity index (χ3n) is 3.88. The summed E-state index contributed by atoms with van der Waals surface area (Å²) >= 11 is 0. The van der Waals surface area contributed by atoms with Crippen LogP contribution in [0.5, 0.6) is 0 Å². The molecule has 0 unspecified atom stereocenters. The number of nitro groups is 2. The number of non-ortho nitro benzene ring substituents is 1. The summed E-state index contributed by atoms with van der Waals surface area (Å²) in [5.74, 6) is -0.428. The Hall–Kier alpha value is -3.29. The predicted octanol–water partition coefficient (Wildman–Crippen LogP) is 4.03. The molecule has 0 saturated carbocycles. The highest BCUT2D eigenvalue weighted by Gasteiger charge is 2.21. The highest BCUT2D eigenvalue weighted by atomic mass is 16.6. The van der Waals surface area contributed by atoms with E-state index < -0.39 is 21.4 Å². The maximum absolute atomic E-state index is 12.2. The number of carbonyl (C=O) groups is 1. The largest absolute Gasteiger partial charge is 0.326 e. The Kier molecular flexibility index (Phi) is 6.37. The first-order valence-electron chi connectivity index (χ1n) is 8.21. The minimum atomic E-state index is -0.724. The van der Waals surface area contributed by atoms with Crippen LogP contribution in [0.3, 0.4) is 0 Å². The highest BCUT2D eigenvalue weighted by molar-refractivity contribution is 5.92. The molecule has 0 atom stereocenters. The summed E-state index contributed by atoms with van der Waals surface area (Å²) in [5, 5.41) is 24.5. The van der Waals surface area contributed by atoms with E-state index in [2.05, 4.69) is 12.2 Å². The summed E-state index contributed by atoms with van der Waals surface area (Å²) in [6.45, 7) is 2.12. The van der Waals surface area contributed by atoms with Crippen molar-refractivity contribution in [1.29, 1.82) is 0 Å². The lowest BCUT2D eigenvalue weighted by atomic mass is 10.1. The molecule has 2 aromatic carbocycles. The Balaban J connectivity index is 2.07. The van der Waals surface area contributed by atoms with Crippen molar-refractivity contribution in [2.75, 3.05) is 5.32 Å². The van der Waals surface area contributed by atoms with Crippen molar-refractivity contribution >= 4 is 23.0 Å². The first-order chi connectivity index (χ1) is 12.4. The van der Waals surface area contributed by atoms with Crippen molar-refractivity contribution in [3.05, 3.63) is 73.8 Å². The van der Waals surface area contributed by atoms with Gasteiger partial charge in [0, 0.05) is 17.3 Å². The fourth-order valence-electron chi connectivity index (χ4n) is 2.50. The average Bonchev–Trinajstić information content (AvgIpc) is 2.61. The van der Waals surface area contributed by atoms with E-state index in [1.54, 1.807) is 12.1 Å². The number of unbranched alkanes of at least 4 members (excludes halogenated alkanes) is 1. The predicted molar refractivity (Wildman–Crippen MR) is 97.1 cm³/mol. The zero-order chi connectivity index (χ0) is 19.1. The zero-order valence-electron chi connectivity index (χ0n) is 14.3. The van der Waals surface area contributed by atoms with E-state index in [9.17, 15) is 25.0 Å². The highest BCUT2D eigenvalue weighted by Crippen LogP contribution is 2.25. The van der Waals surface area contributed by atoms with Crippen molar-refractivity contribution in [3.63, 3.8) is 0 Å². The lowest BCUT2D eigenvalue weighted by Crippen LogP contribution is -2.15. The third-order valence-corrected chi connectivity index (χ3v) is 3.88. The number of carbonyl (C=O) groups excluding carboxylic acids is 1. The van der Waals surface area contributed by atoms with Gasteiger partial charge in [0.2, 0.25) is 5.91 Å². The van der Waals surface area contributed by atoms with E-state index >= 15 is 0 Å². The molecular weight excluding hydrogens is 338 g/mol. The first-order valence-corrected chi connectivity index (χ1v) is 8.21. The van der Waals surface area contributed by atoms with Crippen LogP contribution in [-0.4, -0.2) is 15.8 Å². The standard InChI is InChI=1S/C18H19N3O5/c1-2-3-4-13-5-8-15(9-6-13)19-18(22)11-14-7-10-16(20(23)24)12-17(14)21(25)26/h5-10,12H,2-4,11H2,1H3,(H,19,22). The molecule has 0 saturated heterocycles. The molecule has 0 radical (unpaired) electrons. The van der Waals surface area contributed by atoms with E-state index in [0.29, 0.717) is 5.69 Å². The molecule has 0 heterocycles. The molecule has 26 heavy (non-hydrogen) atoms. The Labute approximate surface area is 150 Å². The maximum Gasteiger partial charge on any atom is 0.279 e. The molecule has 1 amide bonds. The molecule has 0 fully saturated rings.